The quantitative estimate of drug-likeness (QED) is 0.348. The SMILES string of the molecule is NC(=O)/C(N)=C(/C=C(\N)Nc1ccc(N2CCOCC2)cc1)NC1CCC1. The van der Waals surface area contributed by atoms with Crippen molar-refractivity contribution in [3.63, 3.8) is 0 Å². The first-order valence-corrected chi connectivity index (χ1v) is 9.26. The van der Waals surface area contributed by atoms with Gasteiger partial charge in [-0.3, -0.25) is 4.79 Å². The molecule has 0 spiro atoms. The number of primary amides is 1. The molecule has 0 aromatic heterocycles. The molecule has 0 unspecified atom stereocenters. The van der Waals surface area contributed by atoms with E-state index in [2.05, 4.69) is 15.5 Å². The number of carbonyl (C=O) groups excluding carboxylic acids is 1. The predicted molar refractivity (Wildman–Crippen MR) is 107 cm³/mol. The van der Waals surface area contributed by atoms with Gasteiger partial charge in [0.05, 0.1) is 18.9 Å². The van der Waals surface area contributed by atoms with Crippen LogP contribution in [0.3, 0.4) is 0 Å². The summed E-state index contributed by atoms with van der Waals surface area (Å²) in [6, 6.07) is 8.32. The zero-order valence-electron chi connectivity index (χ0n) is 15.4. The standard InChI is InChI=1S/C19H28N6O2/c20-17(12-16(18(21)19(22)26)23-13-2-1-3-13)24-14-4-6-15(7-5-14)25-8-10-27-11-9-25/h4-7,12-13,23-24H,1-3,8-11,20-21H2,(H2,22,26)/b17-12+,18-16+. The molecule has 1 amide bonds. The first-order chi connectivity index (χ1) is 13.0. The fourth-order valence-corrected chi connectivity index (χ4v) is 3.04. The Kier molecular flexibility index (Phi) is 6.08. The number of anilines is 2. The Morgan fingerprint density at radius 2 is 1.78 bits per heavy atom. The van der Waals surface area contributed by atoms with Gasteiger partial charge in [0.15, 0.2) is 0 Å². The van der Waals surface area contributed by atoms with Gasteiger partial charge in [0.25, 0.3) is 5.91 Å². The van der Waals surface area contributed by atoms with Gasteiger partial charge in [0.1, 0.15) is 11.5 Å². The van der Waals surface area contributed by atoms with Crippen LogP contribution in [0, 0.1) is 0 Å². The minimum absolute atomic E-state index is 0.0192. The maximum atomic E-state index is 11.5. The van der Waals surface area contributed by atoms with E-state index < -0.39 is 5.91 Å². The smallest absolute Gasteiger partial charge is 0.266 e. The normalized spacial score (nSPS) is 19.1. The Balaban J connectivity index is 1.67. The molecule has 3 rings (SSSR count). The van der Waals surface area contributed by atoms with E-state index >= 15 is 0 Å². The van der Waals surface area contributed by atoms with E-state index in [1.807, 2.05) is 24.3 Å². The van der Waals surface area contributed by atoms with Crippen LogP contribution in [0.25, 0.3) is 0 Å². The summed E-state index contributed by atoms with van der Waals surface area (Å²) in [4.78, 5) is 13.7. The van der Waals surface area contributed by atoms with Gasteiger partial charge < -0.3 is 37.5 Å². The van der Waals surface area contributed by atoms with Gasteiger partial charge in [0, 0.05) is 36.6 Å². The highest BCUT2D eigenvalue weighted by Gasteiger charge is 2.19. The van der Waals surface area contributed by atoms with Crippen molar-refractivity contribution >= 4 is 17.3 Å². The number of benzene rings is 1. The van der Waals surface area contributed by atoms with Gasteiger partial charge in [-0.1, -0.05) is 0 Å². The Morgan fingerprint density at radius 1 is 1.11 bits per heavy atom. The van der Waals surface area contributed by atoms with Crippen LogP contribution in [-0.2, 0) is 9.53 Å². The minimum Gasteiger partial charge on any atom is -0.393 e. The van der Waals surface area contributed by atoms with Crippen LogP contribution < -0.4 is 32.7 Å². The molecular weight excluding hydrogens is 344 g/mol. The summed E-state index contributed by atoms with van der Waals surface area (Å²) in [5.41, 5.74) is 19.7. The average Bonchev–Trinajstić information content (AvgIpc) is 2.64. The van der Waals surface area contributed by atoms with E-state index in [1.54, 1.807) is 6.08 Å². The molecule has 8 heteroatoms. The second-order valence-electron chi connectivity index (χ2n) is 6.83. The Bertz CT molecular complexity index is 718. The van der Waals surface area contributed by atoms with Crippen molar-refractivity contribution in [2.45, 2.75) is 25.3 Å². The molecule has 1 saturated heterocycles. The molecule has 1 aliphatic heterocycles. The van der Waals surface area contributed by atoms with E-state index in [0.29, 0.717) is 17.6 Å². The van der Waals surface area contributed by atoms with E-state index in [9.17, 15) is 4.79 Å². The number of rotatable bonds is 7. The summed E-state index contributed by atoms with van der Waals surface area (Å²) >= 11 is 0. The van der Waals surface area contributed by atoms with Crippen LogP contribution in [0.4, 0.5) is 11.4 Å². The van der Waals surface area contributed by atoms with Crippen LogP contribution in [-0.4, -0.2) is 38.3 Å². The zero-order valence-corrected chi connectivity index (χ0v) is 15.4. The molecule has 0 atom stereocenters. The topological polar surface area (TPSA) is 132 Å². The monoisotopic (exact) mass is 372 g/mol. The van der Waals surface area contributed by atoms with Crippen LogP contribution in [0.5, 0.6) is 0 Å². The number of nitrogens with zero attached hydrogens (tertiary/aromatic N) is 1. The molecule has 2 fully saturated rings. The Hall–Kier alpha value is -2.87. The Labute approximate surface area is 159 Å². The molecule has 1 aromatic rings. The molecule has 146 valence electrons. The van der Waals surface area contributed by atoms with Gasteiger partial charge in [-0.15, -0.1) is 0 Å². The summed E-state index contributed by atoms with van der Waals surface area (Å²) in [5.74, 6) is -0.295. The lowest BCUT2D eigenvalue weighted by Gasteiger charge is -2.29. The van der Waals surface area contributed by atoms with Crippen molar-refractivity contribution < 1.29 is 9.53 Å². The predicted octanol–water partition coefficient (Wildman–Crippen LogP) is 0.533. The second kappa shape index (κ2) is 8.68. The number of nitrogens with one attached hydrogen (secondary N) is 2. The summed E-state index contributed by atoms with van der Waals surface area (Å²) in [6.45, 7) is 3.28. The fourth-order valence-electron chi connectivity index (χ4n) is 3.04. The van der Waals surface area contributed by atoms with Gasteiger partial charge in [-0.2, -0.15) is 0 Å². The molecule has 1 aliphatic carbocycles. The number of allylic oxidation sites excluding steroid dienone is 1. The Morgan fingerprint density at radius 3 is 2.33 bits per heavy atom. The summed E-state index contributed by atoms with van der Waals surface area (Å²) in [6.07, 6.45) is 4.86. The van der Waals surface area contributed by atoms with E-state index in [-0.39, 0.29) is 5.70 Å². The minimum atomic E-state index is -0.671. The molecule has 8 nitrogen and oxygen atoms in total. The van der Waals surface area contributed by atoms with Crippen molar-refractivity contribution in [1.82, 2.24) is 5.32 Å². The maximum Gasteiger partial charge on any atom is 0.266 e. The third-order valence-corrected chi connectivity index (χ3v) is 4.85. The van der Waals surface area contributed by atoms with Crippen molar-refractivity contribution in [1.29, 1.82) is 0 Å². The lowest BCUT2D eigenvalue weighted by Crippen LogP contribution is -2.37. The number of nitrogens with two attached hydrogens (primary N) is 3. The van der Waals surface area contributed by atoms with Gasteiger partial charge in [0.2, 0.25) is 0 Å². The highest BCUT2D eigenvalue weighted by atomic mass is 16.5. The molecule has 2 aliphatic rings. The first kappa shape index (κ1) is 18.9. The average molecular weight is 372 g/mol. The highest BCUT2D eigenvalue weighted by molar-refractivity contribution is 5.92. The van der Waals surface area contributed by atoms with Crippen LogP contribution >= 0.6 is 0 Å². The number of carbonyl (C=O) groups is 1. The van der Waals surface area contributed by atoms with Crippen LogP contribution in [0.2, 0.25) is 0 Å². The largest absolute Gasteiger partial charge is 0.393 e. The molecule has 27 heavy (non-hydrogen) atoms. The third kappa shape index (κ3) is 5.07. The lowest BCUT2D eigenvalue weighted by atomic mass is 9.93. The summed E-state index contributed by atoms with van der Waals surface area (Å²) in [5, 5.41) is 6.36. The van der Waals surface area contributed by atoms with E-state index in [1.165, 1.54) is 0 Å². The number of hydrogen-bond donors (Lipinski definition) is 5. The molecule has 1 aromatic carbocycles. The van der Waals surface area contributed by atoms with E-state index in [4.69, 9.17) is 21.9 Å². The van der Waals surface area contributed by atoms with Gasteiger partial charge in [-0.25, -0.2) is 0 Å². The zero-order chi connectivity index (χ0) is 19.2. The maximum absolute atomic E-state index is 11.5. The first-order valence-electron chi connectivity index (χ1n) is 9.26. The molecule has 0 radical (unpaired) electrons. The second-order valence-corrected chi connectivity index (χ2v) is 6.83. The molecule has 1 saturated carbocycles. The van der Waals surface area contributed by atoms with Crippen molar-refractivity contribution in [2.24, 2.45) is 17.2 Å². The highest BCUT2D eigenvalue weighted by Crippen LogP contribution is 2.21. The van der Waals surface area contributed by atoms with Crippen molar-refractivity contribution in [3.8, 4) is 0 Å². The summed E-state index contributed by atoms with van der Waals surface area (Å²) in [7, 11) is 0. The number of amides is 1. The number of morpholine rings is 1. The fraction of sp³-hybridized carbons (Fsp3) is 0.421. The molecular formula is C19H28N6O2. The molecule has 1 heterocycles. The number of hydrogen-bond acceptors (Lipinski definition) is 7. The lowest BCUT2D eigenvalue weighted by molar-refractivity contribution is -0.114. The van der Waals surface area contributed by atoms with Gasteiger partial charge >= 0.3 is 0 Å². The van der Waals surface area contributed by atoms with Crippen molar-refractivity contribution in [2.75, 3.05) is 36.5 Å². The number of ether oxygens (including phenoxy) is 1. The molecule has 8 N–H and O–H groups in total. The summed E-state index contributed by atoms with van der Waals surface area (Å²) < 4.78 is 5.38. The van der Waals surface area contributed by atoms with E-state index in [0.717, 1.165) is 56.9 Å². The van der Waals surface area contributed by atoms with Crippen molar-refractivity contribution in [3.05, 3.63) is 47.6 Å². The van der Waals surface area contributed by atoms with Crippen LogP contribution in [0.15, 0.2) is 47.6 Å². The third-order valence-electron chi connectivity index (χ3n) is 4.85. The van der Waals surface area contributed by atoms with Gasteiger partial charge in [-0.05, 0) is 43.5 Å². The molecule has 0 bridgehead atoms. The van der Waals surface area contributed by atoms with Crippen LogP contribution in [0.1, 0.15) is 19.3 Å².